The summed E-state index contributed by atoms with van der Waals surface area (Å²) in [5.41, 5.74) is 11.3. The van der Waals surface area contributed by atoms with Crippen molar-refractivity contribution < 1.29 is 0 Å². The van der Waals surface area contributed by atoms with Gasteiger partial charge in [0.15, 0.2) is 5.13 Å². The highest BCUT2D eigenvalue weighted by Crippen LogP contribution is 2.29. The Bertz CT molecular complexity index is 1080. The summed E-state index contributed by atoms with van der Waals surface area (Å²) in [6, 6.07) is 12.5. The monoisotopic (exact) mass is 388 g/mol. The van der Waals surface area contributed by atoms with Crippen LogP contribution in [0.3, 0.4) is 0 Å². The van der Waals surface area contributed by atoms with Gasteiger partial charge >= 0.3 is 0 Å². The van der Waals surface area contributed by atoms with E-state index in [1.54, 1.807) is 23.7 Å². The van der Waals surface area contributed by atoms with E-state index in [9.17, 15) is 0 Å². The van der Waals surface area contributed by atoms with Crippen molar-refractivity contribution in [2.45, 2.75) is 19.4 Å². The Morgan fingerprint density at radius 2 is 2.00 bits per heavy atom. The number of nitrogen functional groups attached to an aromatic ring is 1. The lowest BCUT2D eigenvalue weighted by atomic mass is 10.1. The van der Waals surface area contributed by atoms with Gasteiger partial charge in [-0.15, -0.1) is 11.3 Å². The van der Waals surface area contributed by atoms with Crippen LogP contribution in [-0.4, -0.2) is 26.3 Å². The van der Waals surface area contributed by atoms with Gasteiger partial charge in [-0.05, 0) is 35.4 Å². The molecule has 0 amide bonds. The lowest BCUT2D eigenvalue weighted by molar-refractivity contribution is 0.710. The average Bonchev–Trinajstić information content (AvgIpc) is 3.40. The van der Waals surface area contributed by atoms with Crippen molar-refractivity contribution in [3.63, 3.8) is 0 Å². The maximum absolute atomic E-state index is 5.90. The van der Waals surface area contributed by atoms with Gasteiger partial charge in [0.25, 0.3) is 0 Å². The van der Waals surface area contributed by atoms with Crippen molar-refractivity contribution in [1.82, 2.24) is 19.7 Å². The topological polar surface area (TPSA) is 72.9 Å². The zero-order valence-electron chi connectivity index (χ0n) is 15.3. The van der Waals surface area contributed by atoms with Gasteiger partial charge in [-0.2, -0.15) is 5.10 Å². The van der Waals surface area contributed by atoms with Gasteiger partial charge in [0, 0.05) is 55.1 Å². The van der Waals surface area contributed by atoms with E-state index in [1.165, 1.54) is 16.0 Å². The van der Waals surface area contributed by atoms with Crippen LogP contribution in [0, 0.1) is 0 Å². The van der Waals surface area contributed by atoms with E-state index in [-0.39, 0.29) is 0 Å². The summed E-state index contributed by atoms with van der Waals surface area (Å²) in [4.78, 5) is 12.7. The second-order valence-corrected chi connectivity index (χ2v) is 8.04. The van der Waals surface area contributed by atoms with Gasteiger partial charge < -0.3 is 10.6 Å². The number of aromatic nitrogens is 4. The average molecular weight is 389 g/mol. The minimum absolute atomic E-state index is 0.721. The number of anilines is 2. The number of fused-ring (bicyclic) bond motifs is 1. The zero-order chi connectivity index (χ0) is 18.9. The number of hydrogen-bond acceptors (Lipinski definition) is 6. The maximum atomic E-state index is 5.90. The molecular formula is C21H20N6S. The van der Waals surface area contributed by atoms with Crippen LogP contribution in [0.5, 0.6) is 0 Å². The van der Waals surface area contributed by atoms with E-state index in [0.29, 0.717) is 0 Å². The molecule has 0 unspecified atom stereocenters. The number of nitrogens with two attached hydrogens (primary N) is 1. The SMILES string of the molecule is Nc1cnc2c(c1)CN(c1ncc(Cc3ccc(-n4cccn4)cc3)s1)CC2. The molecule has 5 rings (SSSR count). The largest absolute Gasteiger partial charge is 0.397 e. The van der Waals surface area contributed by atoms with E-state index in [0.717, 1.165) is 48.1 Å². The third-order valence-electron chi connectivity index (χ3n) is 4.96. The Kier molecular flexibility index (Phi) is 4.29. The Morgan fingerprint density at radius 1 is 1.11 bits per heavy atom. The summed E-state index contributed by atoms with van der Waals surface area (Å²) in [5.74, 6) is 0. The molecule has 0 aliphatic carbocycles. The van der Waals surface area contributed by atoms with Gasteiger partial charge in [-0.1, -0.05) is 12.1 Å². The van der Waals surface area contributed by atoms with Gasteiger partial charge in [-0.25, -0.2) is 9.67 Å². The van der Waals surface area contributed by atoms with E-state index in [1.807, 2.05) is 29.2 Å². The molecule has 0 saturated carbocycles. The van der Waals surface area contributed by atoms with Crippen molar-refractivity contribution in [2.75, 3.05) is 17.2 Å². The molecule has 1 aromatic carbocycles. The van der Waals surface area contributed by atoms with E-state index in [2.05, 4.69) is 44.2 Å². The predicted molar refractivity (Wildman–Crippen MR) is 112 cm³/mol. The highest BCUT2D eigenvalue weighted by atomic mass is 32.1. The van der Waals surface area contributed by atoms with Crippen LogP contribution in [0.15, 0.2) is 61.2 Å². The normalized spacial score (nSPS) is 13.5. The predicted octanol–water partition coefficient (Wildman–Crippen LogP) is 3.46. The second-order valence-electron chi connectivity index (χ2n) is 6.95. The Morgan fingerprint density at radius 3 is 2.82 bits per heavy atom. The van der Waals surface area contributed by atoms with Crippen LogP contribution in [0.2, 0.25) is 0 Å². The van der Waals surface area contributed by atoms with Gasteiger partial charge in [0.2, 0.25) is 0 Å². The molecule has 140 valence electrons. The highest BCUT2D eigenvalue weighted by Gasteiger charge is 2.20. The first-order valence-corrected chi connectivity index (χ1v) is 10.1. The molecule has 4 aromatic rings. The molecule has 28 heavy (non-hydrogen) atoms. The Labute approximate surface area is 167 Å². The fourth-order valence-corrected chi connectivity index (χ4v) is 4.49. The molecule has 4 heterocycles. The third-order valence-corrected chi connectivity index (χ3v) is 6.01. The molecular weight excluding hydrogens is 368 g/mol. The molecule has 1 aliphatic rings. The lowest BCUT2D eigenvalue weighted by Gasteiger charge is -2.27. The van der Waals surface area contributed by atoms with E-state index in [4.69, 9.17) is 5.73 Å². The molecule has 0 saturated heterocycles. The highest BCUT2D eigenvalue weighted by molar-refractivity contribution is 7.15. The smallest absolute Gasteiger partial charge is 0.185 e. The first kappa shape index (κ1) is 16.9. The van der Waals surface area contributed by atoms with Crippen LogP contribution in [0.25, 0.3) is 5.69 Å². The van der Waals surface area contributed by atoms with Crippen LogP contribution in [-0.2, 0) is 19.4 Å². The van der Waals surface area contributed by atoms with E-state index >= 15 is 0 Å². The minimum Gasteiger partial charge on any atom is -0.397 e. The summed E-state index contributed by atoms with van der Waals surface area (Å²) in [5, 5.41) is 5.33. The first-order valence-electron chi connectivity index (χ1n) is 9.26. The molecule has 0 fully saturated rings. The summed E-state index contributed by atoms with van der Waals surface area (Å²) in [7, 11) is 0. The quantitative estimate of drug-likeness (QED) is 0.580. The van der Waals surface area contributed by atoms with Crippen LogP contribution >= 0.6 is 11.3 Å². The first-order chi connectivity index (χ1) is 13.7. The zero-order valence-corrected chi connectivity index (χ0v) is 16.1. The summed E-state index contributed by atoms with van der Waals surface area (Å²) >= 11 is 1.76. The molecule has 1 aliphatic heterocycles. The molecule has 0 radical (unpaired) electrons. The fraction of sp³-hybridized carbons (Fsp3) is 0.190. The second kappa shape index (κ2) is 7.09. The number of hydrogen-bond donors (Lipinski definition) is 1. The summed E-state index contributed by atoms with van der Waals surface area (Å²) in [6.07, 6.45) is 9.29. The molecule has 3 aromatic heterocycles. The van der Waals surface area contributed by atoms with Crippen LogP contribution < -0.4 is 10.6 Å². The van der Waals surface area contributed by atoms with Gasteiger partial charge in [-0.3, -0.25) is 4.98 Å². The third kappa shape index (κ3) is 3.36. The molecule has 0 atom stereocenters. The van der Waals surface area contributed by atoms with Crippen LogP contribution in [0.4, 0.5) is 10.8 Å². The Balaban J connectivity index is 1.29. The summed E-state index contributed by atoms with van der Waals surface area (Å²) in [6.45, 7) is 1.76. The van der Waals surface area contributed by atoms with Crippen molar-refractivity contribution in [3.05, 3.63) is 82.9 Å². The fourth-order valence-electron chi connectivity index (χ4n) is 3.52. The minimum atomic E-state index is 0.721. The van der Waals surface area contributed by atoms with Gasteiger partial charge in [0.1, 0.15) is 0 Å². The maximum Gasteiger partial charge on any atom is 0.185 e. The number of benzene rings is 1. The van der Waals surface area contributed by atoms with Crippen molar-refractivity contribution >= 4 is 22.2 Å². The number of nitrogens with zero attached hydrogens (tertiary/aromatic N) is 5. The number of pyridine rings is 1. The molecule has 0 bridgehead atoms. The standard InChI is InChI=1S/C21H20N6S/c22-17-11-16-14-26(9-6-20(16)23-12-17)21-24-13-19(28-21)10-15-2-4-18(5-3-15)27-8-1-7-25-27/h1-5,7-8,11-13H,6,9-10,14,22H2. The van der Waals surface area contributed by atoms with Crippen molar-refractivity contribution in [1.29, 1.82) is 0 Å². The Hall–Kier alpha value is -3.19. The molecule has 7 heteroatoms. The van der Waals surface area contributed by atoms with Crippen molar-refractivity contribution in [3.8, 4) is 5.69 Å². The van der Waals surface area contributed by atoms with Gasteiger partial charge in [0.05, 0.1) is 17.6 Å². The molecule has 6 nitrogen and oxygen atoms in total. The lowest BCUT2D eigenvalue weighted by Crippen LogP contribution is -2.30. The number of thiazole rings is 1. The summed E-state index contributed by atoms with van der Waals surface area (Å²) < 4.78 is 1.87. The number of rotatable bonds is 4. The van der Waals surface area contributed by atoms with E-state index < -0.39 is 0 Å². The van der Waals surface area contributed by atoms with Crippen molar-refractivity contribution in [2.24, 2.45) is 0 Å². The molecule has 2 N–H and O–H groups in total. The van der Waals surface area contributed by atoms with Crippen LogP contribution in [0.1, 0.15) is 21.7 Å². The molecule has 0 spiro atoms.